The fourth-order valence-corrected chi connectivity index (χ4v) is 5.72. The van der Waals surface area contributed by atoms with Gasteiger partial charge in [0.2, 0.25) is 11.9 Å². The Hall–Kier alpha value is -3.24. The number of methoxy groups -OCH3 is 1. The minimum atomic E-state index is -0.847. The minimum absolute atomic E-state index is 0.0335. The Morgan fingerprint density at radius 1 is 1.06 bits per heavy atom. The van der Waals surface area contributed by atoms with Crippen LogP contribution in [0.15, 0.2) is 36.5 Å². The number of hydrogen-bond donors (Lipinski definition) is 3. The number of rotatable bonds is 9. The van der Waals surface area contributed by atoms with Gasteiger partial charge in [-0.15, -0.1) is 0 Å². The summed E-state index contributed by atoms with van der Waals surface area (Å²) in [4.78, 5) is 33.2. The largest absolute Gasteiger partial charge is 0.497 e. The molecule has 10 nitrogen and oxygen atoms in total. The van der Waals surface area contributed by atoms with Crippen LogP contribution in [0.5, 0.6) is 5.75 Å². The summed E-state index contributed by atoms with van der Waals surface area (Å²) >= 11 is 0. The van der Waals surface area contributed by atoms with Gasteiger partial charge in [-0.25, -0.2) is 9.97 Å². The zero-order valence-electron chi connectivity index (χ0n) is 20.3. The van der Waals surface area contributed by atoms with E-state index in [2.05, 4.69) is 20.6 Å². The van der Waals surface area contributed by atoms with Gasteiger partial charge in [0.25, 0.3) is 0 Å². The number of carbonyl (C=O) groups is 2. The lowest BCUT2D eigenvalue weighted by Crippen LogP contribution is -2.46. The van der Waals surface area contributed by atoms with Crippen LogP contribution in [0, 0.1) is 5.41 Å². The van der Waals surface area contributed by atoms with Crippen LogP contribution in [-0.4, -0.2) is 71.6 Å². The summed E-state index contributed by atoms with van der Waals surface area (Å²) in [6.07, 6.45) is 4.92. The summed E-state index contributed by atoms with van der Waals surface area (Å²) in [5.74, 6) is 0.273. The second kappa shape index (κ2) is 10.4. The number of nitrogens with one attached hydrogen (secondary N) is 2. The van der Waals surface area contributed by atoms with Gasteiger partial charge in [0.05, 0.1) is 44.5 Å². The van der Waals surface area contributed by atoms with E-state index in [0.717, 1.165) is 42.7 Å². The number of benzene rings is 1. The summed E-state index contributed by atoms with van der Waals surface area (Å²) in [5, 5.41) is 15.7. The van der Waals surface area contributed by atoms with Crippen molar-refractivity contribution in [2.24, 2.45) is 5.41 Å². The molecule has 2 aliphatic heterocycles. The van der Waals surface area contributed by atoms with Crippen LogP contribution in [0.4, 0.5) is 5.95 Å². The second-order valence-electron chi connectivity index (χ2n) is 9.97. The molecule has 36 heavy (non-hydrogen) atoms. The average Bonchev–Trinajstić information content (AvgIpc) is 3.58. The van der Waals surface area contributed by atoms with Gasteiger partial charge in [0.1, 0.15) is 18.0 Å². The van der Waals surface area contributed by atoms with Crippen molar-refractivity contribution >= 4 is 17.8 Å². The molecule has 5 rings (SSSR count). The van der Waals surface area contributed by atoms with Gasteiger partial charge in [0, 0.05) is 18.2 Å². The summed E-state index contributed by atoms with van der Waals surface area (Å²) in [7, 11) is 1.63. The van der Waals surface area contributed by atoms with E-state index in [1.165, 1.54) is 0 Å². The van der Waals surface area contributed by atoms with Crippen LogP contribution in [0.25, 0.3) is 11.3 Å². The first kappa shape index (κ1) is 24.5. The van der Waals surface area contributed by atoms with Gasteiger partial charge >= 0.3 is 5.97 Å². The van der Waals surface area contributed by atoms with Crippen molar-refractivity contribution in [1.82, 2.24) is 15.3 Å². The molecule has 4 atom stereocenters. The third kappa shape index (κ3) is 5.29. The van der Waals surface area contributed by atoms with Gasteiger partial charge in [-0.05, 0) is 48.6 Å². The van der Waals surface area contributed by atoms with Crippen molar-refractivity contribution < 1.29 is 28.9 Å². The first-order valence-corrected chi connectivity index (χ1v) is 12.4. The van der Waals surface area contributed by atoms with Crippen molar-refractivity contribution in [3.63, 3.8) is 0 Å². The Morgan fingerprint density at radius 2 is 1.75 bits per heavy atom. The topological polar surface area (TPSA) is 132 Å². The standard InChI is InChI=1S/C26H32N4O6/c1-34-17-6-4-16(5-7-17)18-8-11-27-25(29-18)30-20-15-36-23-19(14-35-24(20)23)28-21(31)12-26(13-22(32)33)9-2-3-10-26/h4-8,11,19-20,23-24H,2-3,9-10,12-15H2,1H3,(H,28,31)(H,32,33)(H,27,29,30). The number of carboxylic acid groups (broad SMARTS) is 1. The molecule has 10 heteroatoms. The Kier molecular flexibility index (Phi) is 7.06. The number of anilines is 1. The molecule has 3 fully saturated rings. The number of aliphatic carboxylic acids is 1. The third-order valence-corrected chi connectivity index (χ3v) is 7.48. The van der Waals surface area contributed by atoms with Crippen LogP contribution >= 0.6 is 0 Å². The zero-order chi connectivity index (χ0) is 25.1. The fourth-order valence-electron chi connectivity index (χ4n) is 5.72. The van der Waals surface area contributed by atoms with E-state index < -0.39 is 11.4 Å². The number of hydrogen-bond acceptors (Lipinski definition) is 8. The lowest BCUT2D eigenvalue weighted by Gasteiger charge is -2.27. The van der Waals surface area contributed by atoms with Crippen molar-refractivity contribution in [2.75, 3.05) is 25.6 Å². The molecular formula is C26H32N4O6. The predicted molar refractivity (Wildman–Crippen MR) is 131 cm³/mol. The molecule has 1 aromatic heterocycles. The van der Waals surface area contributed by atoms with E-state index >= 15 is 0 Å². The molecule has 192 valence electrons. The molecule has 3 N–H and O–H groups in total. The molecule has 3 aliphatic rings. The van der Waals surface area contributed by atoms with Crippen molar-refractivity contribution in [2.45, 2.75) is 62.8 Å². The highest BCUT2D eigenvalue weighted by Gasteiger charge is 2.49. The maximum atomic E-state index is 12.9. The molecule has 1 amide bonds. The van der Waals surface area contributed by atoms with Gasteiger partial charge < -0.3 is 30.0 Å². The first-order chi connectivity index (χ1) is 17.4. The Balaban J connectivity index is 1.18. The van der Waals surface area contributed by atoms with E-state index in [9.17, 15) is 14.7 Å². The van der Waals surface area contributed by atoms with Crippen molar-refractivity contribution in [1.29, 1.82) is 0 Å². The number of ether oxygens (including phenoxy) is 3. The van der Waals surface area contributed by atoms with Crippen LogP contribution in [0.2, 0.25) is 0 Å². The molecule has 0 bridgehead atoms. The van der Waals surface area contributed by atoms with E-state index in [1.54, 1.807) is 13.3 Å². The quantitative estimate of drug-likeness (QED) is 0.479. The monoisotopic (exact) mass is 496 g/mol. The summed E-state index contributed by atoms with van der Waals surface area (Å²) in [6, 6.07) is 9.08. The van der Waals surface area contributed by atoms with E-state index in [-0.39, 0.29) is 43.0 Å². The minimum Gasteiger partial charge on any atom is -0.497 e. The Labute approximate surface area is 209 Å². The number of carboxylic acids is 1. The smallest absolute Gasteiger partial charge is 0.303 e. The van der Waals surface area contributed by atoms with Crippen molar-refractivity contribution in [3.05, 3.63) is 36.5 Å². The third-order valence-electron chi connectivity index (χ3n) is 7.48. The molecule has 1 saturated carbocycles. The van der Waals surface area contributed by atoms with E-state index in [0.29, 0.717) is 19.2 Å². The average molecular weight is 497 g/mol. The SMILES string of the molecule is COc1ccc(-c2ccnc(NC3COC4C(NC(=O)CC5(CC(=O)O)CCCC5)COC34)n2)cc1. The molecule has 2 saturated heterocycles. The molecule has 2 aromatic rings. The lowest BCUT2D eigenvalue weighted by molar-refractivity contribution is -0.140. The van der Waals surface area contributed by atoms with Gasteiger partial charge in [0.15, 0.2) is 0 Å². The summed E-state index contributed by atoms with van der Waals surface area (Å²) < 4.78 is 17.2. The molecule has 4 unspecified atom stereocenters. The van der Waals surface area contributed by atoms with Gasteiger partial charge in [-0.3, -0.25) is 9.59 Å². The van der Waals surface area contributed by atoms with Crippen molar-refractivity contribution in [3.8, 4) is 17.0 Å². The maximum Gasteiger partial charge on any atom is 0.303 e. The number of aromatic nitrogens is 2. The Bertz CT molecular complexity index is 1090. The Morgan fingerprint density at radius 3 is 2.44 bits per heavy atom. The van der Waals surface area contributed by atoms with Gasteiger partial charge in [-0.2, -0.15) is 0 Å². The number of fused-ring (bicyclic) bond motifs is 1. The van der Waals surface area contributed by atoms with E-state index in [4.69, 9.17) is 14.2 Å². The number of carbonyl (C=O) groups excluding carboxylic acids is 1. The number of nitrogens with zero attached hydrogens (tertiary/aromatic N) is 2. The molecular weight excluding hydrogens is 464 g/mol. The van der Waals surface area contributed by atoms with Gasteiger partial charge in [-0.1, -0.05) is 12.8 Å². The van der Waals surface area contributed by atoms with E-state index in [1.807, 2.05) is 30.3 Å². The van der Waals surface area contributed by atoms with Crippen LogP contribution < -0.4 is 15.4 Å². The molecule has 0 spiro atoms. The molecule has 3 heterocycles. The first-order valence-electron chi connectivity index (χ1n) is 12.4. The highest BCUT2D eigenvalue weighted by molar-refractivity contribution is 5.78. The van der Waals surface area contributed by atoms with Crippen LogP contribution in [0.3, 0.4) is 0 Å². The lowest BCUT2D eigenvalue weighted by atomic mass is 9.79. The number of amides is 1. The van der Waals surface area contributed by atoms with Crippen LogP contribution in [-0.2, 0) is 19.1 Å². The van der Waals surface area contributed by atoms with Crippen LogP contribution in [0.1, 0.15) is 38.5 Å². The maximum absolute atomic E-state index is 12.9. The highest BCUT2D eigenvalue weighted by Crippen LogP contribution is 2.44. The fraction of sp³-hybridized carbons (Fsp3) is 0.538. The second-order valence-corrected chi connectivity index (χ2v) is 9.97. The molecule has 0 radical (unpaired) electrons. The zero-order valence-corrected chi connectivity index (χ0v) is 20.3. The highest BCUT2D eigenvalue weighted by atomic mass is 16.6. The normalized spacial score (nSPS) is 26.4. The molecule has 1 aliphatic carbocycles. The summed E-state index contributed by atoms with van der Waals surface area (Å²) in [6.45, 7) is 0.749. The predicted octanol–water partition coefficient (Wildman–Crippen LogP) is 2.64. The molecule has 1 aromatic carbocycles. The summed E-state index contributed by atoms with van der Waals surface area (Å²) in [5.41, 5.74) is 1.29.